The summed E-state index contributed by atoms with van der Waals surface area (Å²) < 4.78 is 34.5. The summed E-state index contributed by atoms with van der Waals surface area (Å²) in [6.07, 6.45) is 5.45. The van der Waals surface area contributed by atoms with E-state index in [2.05, 4.69) is 24.5 Å². The molecule has 44 heavy (non-hydrogen) atoms. The van der Waals surface area contributed by atoms with Crippen molar-refractivity contribution < 1.29 is 22.7 Å². The summed E-state index contributed by atoms with van der Waals surface area (Å²) in [5.74, 6) is 0.0377. The SMILES string of the molecule is CC(C)(C)OC(=O)[C@H](CN(CC1CC1)C(=O)c1ccc(N2CCN(c3ncccn3)CC2)cc1)NS(=O)(=O)c1ccccc1. The van der Waals surface area contributed by atoms with Gasteiger partial charge >= 0.3 is 5.97 Å². The summed E-state index contributed by atoms with van der Waals surface area (Å²) in [5, 5.41) is 0. The molecule has 234 valence electrons. The van der Waals surface area contributed by atoms with Crippen LogP contribution < -0.4 is 14.5 Å². The van der Waals surface area contributed by atoms with Gasteiger partial charge in [0, 0.05) is 62.9 Å². The fraction of sp³-hybridized carbons (Fsp3) is 0.438. The van der Waals surface area contributed by atoms with E-state index in [0.717, 1.165) is 50.7 Å². The molecule has 2 fully saturated rings. The van der Waals surface area contributed by atoms with Crippen LogP contribution in [0, 0.1) is 5.92 Å². The number of esters is 1. The quantitative estimate of drug-likeness (QED) is 0.321. The molecule has 1 aliphatic heterocycles. The third kappa shape index (κ3) is 8.32. The highest BCUT2D eigenvalue weighted by Gasteiger charge is 2.35. The van der Waals surface area contributed by atoms with Crippen molar-refractivity contribution in [2.45, 2.75) is 50.2 Å². The second-order valence-electron chi connectivity index (χ2n) is 12.2. The molecule has 1 atom stereocenters. The fourth-order valence-electron chi connectivity index (χ4n) is 5.08. The number of nitrogens with zero attached hydrogens (tertiary/aromatic N) is 5. The van der Waals surface area contributed by atoms with E-state index in [9.17, 15) is 18.0 Å². The molecule has 2 aliphatic rings. The zero-order valence-electron chi connectivity index (χ0n) is 25.4. The van der Waals surface area contributed by atoms with E-state index in [0.29, 0.717) is 18.0 Å². The molecule has 0 unspecified atom stereocenters. The highest BCUT2D eigenvalue weighted by atomic mass is 32.2. The van der Waals surface area contributed by atoms with E-state index in [1.165, 1.54) is 12.1 Å². The molecule has 0 bridgehead atoms. The molecule has 1 aliphatic carbocycles. The fourth-order valence-corrected chi connectivity index (χ4v) is 6.27. The van der Waals surface area contributed by atoms with Gasteiger partial charge in [-0.05, 0) is 82.0 Å². The minimum Gasteiger partial charge on any atom is -0.459 e. The standard InChI is InChI=1S/C32H40N6O5S/c1-32(2,3)43-30(40)28(35-44(41,42)27-8-5-4-6-9-27)23-38(22-24-10-11-24)29(39)25-12-14-26(15-13-25)36-18-20-37(21-19-36)31-33-16-7-17-34-31/h4-9,12-17,24,28,35H,10-11,18-23H2,1-3H3/t28-/m0/s1. The van der Waals surface area contributed by atoms with E-state index in [1.807, 2.05) is 12.1 Å². The van der Waals surface area contributed by atoms with Gasteiger partial charge in [-0.3, -0.25) is 9.59 Å². The molecular formula is C32H40N6O5S. The third-order valence-electron chi connectivity index (χ3n) is 7.50. The molecule has 2 aromatic carbocycles. The van der Waals surface area contributed by atoms with Gasteiger partial charge in [0.2, 0.25) is 16.0 Å². The summed E-state index contributed by atoms with van der Waals surface area (Å²) in [7, 11) is -4.05. The molecule has 11 nitrogen and oxygen atoms in total. The van der Waals surface area contributed by atoms with Crippen LogP contribution in [0.2, 0.25) is 0 Å². The van der Waals surface area contributed by atoms with Crippen LogP contribution in [0.3, 0.4) is 0 Å². The average molecular weight is 621 g/mol. The molecule has 1 aromatic heterocycles. The monoisotopic (exact) mass is 620 g/mol. The Labute approximate surface area is 259 Å². The molecule has 1 saturated carbocycles. The lowest BCUT2D eigenvalue weighted by molar-refractivity contribution is -0.157. The van der Waals surface area contributed by atoms with Gasteiger partial charge in [-0.1, -0.05) is 18.2 Å². The summed E-state index contributed by atoms with van der Waals surface area (Å²) >= 11 is 0. The Bertz CT molecular complexity index is 1520. The molecule has 0 radical (unpaired) electrons. The van der Waals surface area contributed by atoms with E-state index >= 15 is 0 Å². The lowest BCUT2D eigenvalue weighted by atomic mass is 10.1. The van der Waals surface area contributed by atoms with Crippen LogP contribution in [0.4, 0.5) is 11.6 Å². The molecule has 1 N–H and O–H groups in total. The minimum atomic E-state index is -4.05. The van der Waals surface area contributed by atoms with Crippen LogP contribution in [0.15, 0.2) is 78.0 Å². The number of ether oxygens (including phenoxy) is 1. The number of anilines is 2. The predicted molar refractivity (Wildman–Crippen MR) is 168 cm³/mol. The average Bonchev–Trinajstić information content (AvgIpc) is 3.84. The zero-order chi connectivity index (χ0) is 31.3. The first-order valence-corrected chi connectivity index (χ1v) is 16.4. The van der Waals surface area contributed by atoms with Gasteiger partial charge in [-0.25, -0.2) is 18.4 Å². The van der Waals surface area contributed by atoms with E-state index in [-0.39, 0.29) is 17.3 Å². The van der Waals surface area contributed by atoms with Gasteiger partial charge < -0.3 is 19.4 Å². The van der Waals surface area contributed by atoms with Crippen LogP contribution in [-0.2, 0) is 19.6 Å². The number of piperazine rings is 1. The van der Waals surface area contributed by atoms with Crippen molar-refractivity contribution in [2.24, 2.45) is 5.92 Å². The van der Waals surface area contributed by atoms with Crippen molar-refractivity contribution in [2.75, 3.05) is 49.1 Å². The maximum absolute atomic E-state index is 13.8. The molecule has 5 rings (SSSR count). The van der Waals surface area contributed by atoms with Crippen LogP contribution in [-0.4, -0.2) is 86.1 Å². The number of rotatable bonds is 11. The van der Waals surface area contributed by atoms with E-state index in [4.69, 9.17) is 4.74 Å². The molecule has 0 spiro atoms. The molecule has 1 saturated heterocycles. The first-order chi connectivity index (χ1) is 21.0. The summed E-state index contributed by atoms with van der Waals surface area (Å²) in [5.41, 5.74) is 0.639. The lowest BCUT2D eigenvalue weighted by Crippen LogP contribution is -2.52. The number of carbonyl (C=O) groups is 2. The molecule has 2 heterocycles. The van der Waals surface area contributed by atoms with Gasteiger partial charge in [0.15, 0.2) is 0 Å². The largest absolute Gasteiger partial charge is 0.459 e. The van der Waals surface area contributed by atoms with Gasteiger partial charge in [0.25, 0.3) is 5.91 Å². The number of carbonyl (C=O) groups excluding carboxylic acids is 2. The number of aromatic nitrogens is 2. The topological polar surface area (TPSA) is 125 Å². The number of benzene rings is 2. The Kier molecular flexibility index (Phi) is 9.50. The Morgan fingerprint density at radius 1 is 0.932 bits per heavy atom. The van der Waals surface area contributed by atoms with Gasteiger partial charge in [0.1, 0.15) is 11.6 Å². The number of hydrogen-bond donors (Lipinski definition) is 1. The van der Waals surface area contributed by atoms with Crippen molar-refractivity contribution in [3.05, 3.63) is 78.6 Å². The second kappa shape index (κ2) is 13.3. The number of sulfonamides is 1. The molecule has 1 amide bonds. The second-order valence-corrected chi connectivity index (χ2v) is 14.0. The first kappa shape index (κ1) is 31.4. The van der Waals surface area contributed by atoms with Crippen LogP contribution in [0.5, 0.6) is 0 Å². The van der Waals surface area contributed by atoms with E-state index in [1.54, 1.807) is 74.5 Å². The number of amides is 1. The highest BCUT2D eigenvalue weighted by molar-refractivity contribution is 7.89. The maximum atomic E-state index is 13.8. The highest BCUT2D eigenvalue weighted by Crippen LogP contribution is 2.31. The van der Waals surface area contributed by atoms with Gasteiger partial charge in [0.05, 0.1) is 4.90 Å². The van der Waals surface area contributed by atoms with Gasteiger partial charge in [-0.2, -0.15) is 4.72 Å². The Balaban J connectivity index is 1.30. The van der Waals surface area contributed by atoms with Crippen molar-refractivity contribution in [1.29, 1.82) is 0 Å². The first-order valence-electron chi connectivity index (χ1n) is 14.9. The van der Waals surface area contributed by atoms with Crippen molar-refractivity contribution in [3.8, 4) is 0 Å². The van der Waals surface area contributed by atoms with Crippen LogP contribution >= 0.6 is 0 Å². The lowest BCUT2D eigenvalue weighted by Gasteiger charge is -2.36. The van der Waals surface area contributed by atoms with Crippen LogP contribution in [0.1, 0.15) is 44.0 Å². The normalized spacial score (nSPS) is 16.3. The Hall–Kier alpha value is -4.03. The Morgan fingerprint density at radius 2 is 1.55 bits per heavy atom. The minimum absolute atomic E-state index is 0.0290. The van der Waals surface area contributed by atoms with Gasteiger partial charge in [-0.15, -0.1) is 0 Å². The van der Waals surface area contributed by atoms with Crippen LogP contribution in [0.25, 0.3) is 0 Å². The Morgan fingerprint density at radius 3 is 2.14 bits per heavy atom. The summed E-state index contributed by atoms with van der Waals surface area (Å²) in [4.78, 5) is 41.8. The zero-order valence-corrected chi connectivity index (χ0v) is 26.2. The van der Waals surface area contributed by atoms with E-state index < -0.39 is 27.6 Å². The predicted octanol–water partition coefficient (Wildman–Crippen LogP) is 3.34. The van der Waals surface area contributed by atoms with Crippen molar-refractivity contribution in [1.82, 2.24) is 19.6 Å². The smallest absolute Gasteiger partial charge is 0.326 e. The molecule has 3 aromatic rings. The molecular weight excluding hydrogens is 580 g/mol. The number of hydrogen-bond acceptors (Lipinski definition) is 9. The maximum Gasteiger partial charge on any atom is 0.326 e. The van der Waals surface area contributed by atoms with Crippen molar-refractivity contribution in [3.63, 3.8) is 0 Å². The van der Waals surface area contributed by atoms with Crippen molar-refractivity contribution >= 4 is 33.5 Å². The third-order valence-corrected chi connectivity index (χ3v) is 8.99. The summed E-state index contributed by atoms with van der Waals surface area (Å²) in [6, 6.07) is 15.8. The summed E-state index contributed by atoms with van der Waals surface area (Å²) in [6.45, 7) is 8.58. The number of nitrogens with one attached hydrogen (secondary N) is 1. The molecule has 12 heteroatoms.